The Bertz CT molecular complexity index is 176. The highest BCUT2D eigenvalue weighted by molar-refractivity contribution is 4.53. The summed E-state index contributed by atoms with van der Waals surface area (Å²) in [5.74, 6) is 0. The largest absolute Gasteiger partial charge is 0.391 e. The highest BCUT2D eigenvalue weighted by Crippen LogP contribution is 2.04. The molecule has 0 aliphatic heterocycles. The van der Waals surface area contributed by atoms with Gasteiger partial charge in [-0.05, 0) is 0 Å². The molecule has 0 heterocycles. The Morgan fingerprint density at radius 2 is 1.12 bits per heavy atom. The summed E-state index contributed by atoms with van der Waals surface area (Å²) < 4.78 is 1.22. The van der Waals surface area contributed by atoms with E-state index in [0.717, 1.165) is 0 Å². The highest BCUT2D eigenvalue weighted by Gasteiger charge is 2.26. The first-order chi connectivity index (χ1) is 7.22. The van der Waals surface area contributed by atoms with Crippen molar-refractivity contribution in [2.75, 3.05) is 67.6 Å². The lowest BCUT2D eigenvalue weighted by Crippen LogP contribution is -2.53. The predicted octanol–water partition coefficient (Wildman–Crippen LogP) is -1.52. The minimum absolute atomic E-state index is 0.134. The van der Waals surface area contributed by atoms with E-state index >= 15 is 0 Å². The monoisotopic (exact) mass is 236 g/mol. The van der Waals surface area contributed by atoms with Gasteiger partial charge < -0.3 is 24.3 Å². The van der Waals surface area contributed by atoms with E-state index in [0.29, 0.717) is 35.1 Å². The van der Waals surface area contributed by atoms with Crippen molar-refractivity contribution in [1.29, 1.82) is 0 Å². The Balaban J connectivity index is 4.11. The standard InChI is InChI=1S/C11H28N2O3/c1-12(2,5-7-14)9-11(16)10-13(3,4)6-8-15/h11,14-16H,5-10H2,1-4H3/q+2. The Hall–Kier alpha value is -0.200. The molecule has 98 valence electrons. The SMILES string of the molecule is C[N+](C)(CCO)CC(O)C[N+](C)(C)CCO. The molecule has 0 aromatic carbocycles. The van der Waals surface area contributed by atoms with Crippen molar-refractivity contribution in [3.8, 4) is 0 Å². The minimum atomic E-state index is -0.414. The molecule has 0 aromatic heterocycles. The number of rotatable bonds is 8. The maximum Gasteiger partial charge on any atom is 0.152 e. The average Bonchev–Trinajstić information content (AvgIpc) is 1.99. The Labute approximate surface area is 98.7 Å². The van der Waals surface area contributed by atoms with E-state index in [1.54, 1.807) is 0 Å². The number of aliphatic hydroxyl groups is 3. The molecule has 16 heavy (non-hydrogen) atoms. The maximum atomic E-state index is 9.98. The summed E-state index contributed by atoms with van der Waals surface area (Å²) >= 11 is 0. The third kappa shape index (κ3) is 7.14. The third-order valence-corrected chi connectivity index (χ3v) is 2.82. The molecule has 0 radical (unpaired) electrons. The minimum Gasteiger partial charge on any atom is -0.391 e. The number of hydrogen-bond acceptors (Lipinski definition) is 3. The van der Waals surface area contributed by atoms with Crippen molar-refractivity contribution in [1.82, 2.24) is 0 Å². The summed E-state index contributed by atoms with van der Waals surface area (Å²) in [6.07, 6.45) is -0.414. The molecule has 0 bridgehead atoms. The van der Waals surface area contributed by atoms with Gasteiger partial charge in [-0.15, -0.1) is 0 Å². The molecule has 5 heteroatoms. The van der Waals surface area contributed by atoms with Gasteiger partial charge in [0.05, 0.1) is 41.4 Å². The molecule has 0 fully saturated rings. The molecule has 0 spiro atoms. The molecule has 0 rings (SSSR count). The molecule has 0 aliphatic rings. The molecular formula is C11H28N2O3+2. The second kappa shape index (κ2) is 6.51. The first kappa shape index (κ1) is 15.8. The van der Waals surface area contributed by atoms with Crippen LogP contribution in [0.5, 0.6) is 0 Å². The summed E-state index contributed by atoms with van der Waals surface area (Å²) in [5.41, 5.74) is 0. The van der Waals surface area contributed by atoms with Gasteiger partial charge in [0.1, 0.15) is 26.2 Å². The van der Waals surface area contributed by atoms with Gasteiger partial charge in [-0.3, -0.25) is 0 Å². The quantitative estimate of drug-likeness (QED) is 0.449. The van der Waals surface area contributed by atoms with Gasteiger partial charge in [0.2, 0.25) is 0 Å². The molecule has 5 nitrogen and oxygen atoms in total. The summed E-state index contributed by atoms with van der Waals surface area (Å²) in [5, 5.41) is 27.8. The molecular weight excluding hydrogens is 208 g/mol. The zero-order chi connectivity index (χ0) is 12.8. The zero-order valence-corrected chi connectivity index (χ0v) is 11.1. The molecule has 3 N–H and O–H groups in total. The number of aliphatic hydroxyl groups excluding tert-OH is 3. The third-order valence-electron chi connectivity index (χ3n) is 2.82. The lowest BCUT2D eigenvalue weighted by Gasteiger charge is -2.35. The van der Waals surface area contributed by atoms with Crippen LogP contribution in [0.1, 0.15) is 0 Å². The Morgan fingerprint density at radius 3 is 1.38 bits per heavy atom. The predicted molar refractivity (Wildman–Crippen MR) is 63.9 cm³/mol. The van der Waals surface area contributed by atoms with Crippen LogP contribution in [0.25, 0.3) is 0 Å². The molecule has 0 aliphatic carbocycles. The van der Waals surface area contributed by atoms with Crippen LogP contribution in [0.2, 0.25) is 0 Å². The van der Waals surface area contributed by atoms with Crippen LogP contribution < -0.4 is 0 Å². The fourth-order valence-electron chi connectivity index (χ4n) is 1.92. The van der Waals surface area contributed by atoms with Crippen LogP contribution in [-0.4, -0.2) is 98.0 Å². The number of likely N-dealkylation sites (N-methyl/N-ethyl adjacent to an activating group) is 2. The molecule has 0 amide bonds. The van der Waals surface area contributed by atoms with Crippen molar-refractivity contribution >= 4 is 0 Å². The average molecular weight is 236 g/mol. The summed E-state index contributed by atoms with van der Waals surface area (Å²) in [6, 6.07) is 0. The topological polar surface area (TPSA) is 60.7 Å². The van der Waals surface area contributed by atoms with Crippen LogP contribution >= 0.6 is 0 Å². The molecule has 0 saturated carbocycles. The number of quaternary nitrogens is 2. The summed E-state index contributed by atoms with van der Waals surface area (Å²) in [4.78, 5) is 0. The van der Waals surface area contributed by atoms with Crippen LogP contribution in [0.4, 0.5) is 0 Å². The van der Waals surface area contributed by atoms with E-state index in [4.69, 9.17) is 10.2 Å². The van der Waals surface area contributed by atoms with E-state index in [-0.39, 0.29) is 13.2 Å². The lowest BCUT2D eigenvalue weighted by molar-refractivity contribution is -0.914. The van der Waals surface area contributed by atoms with Crippen molar-refractivity contribution in [2.45, 2.75) is 6.10 Å². The van der Waals surface area contributed by atoms with Gasteiger partial charge >= 0.3 is 0 Å². The Kier molecular flexibility index (Phi) is 6.43. The van der Waals surface area contributed by atoms with Crippen molar-refractivity contribution in [3.63, 3.8) is 0 Å². The van der Waals surface area contributed by atoms with Gasteiger partial charge in [0, 0.05) is 0 Å². The number of nitrogens with zero attached hydrogens (tertiary/aromatic N) is 2. The fourth-order valence-corrected chi connectivity index (χ4v) is 1.92. The van der Waals surface area contributed by atoms with Crippen molar-refractivity contribution < 1.29 is 24.3 Å². The van der Waals surface area contributed by atoms with E-state index in [1.165, 1.54) is 0 Å². The van der Waals surface area contributed by atoms with Gasteiger partial charge in [-0.25, -0.2) is 0 Å². The van der Waals surface area contributed by atoms with Gasteiger partial charge in [0.15, 0.2) is 6.10 Å². The smallest absolute Gasteiger partial charge is 0.152 e. The van der Waals surface area contributed by atoms with Crippen molar-refractivity contribution in [2.24, 2.45) is 0 Å². The Morgan fingerprint density at radius 1 is 0.812 bits per heavy atom. The molecule has 0 saturated heterocycles. The maximum absolute atomic E-state index is 9.98. The summed E-state index contributed by atoms with van der Waals surface area (Å²) in [7, 11) is 7.97. The first-order valence-electron chi connectivity index (χ1n) is 5.76. The molecule has 0 atom stereocenters. The zero-order valence-electron chi connectivity index (χ0n) is 11.1. The van der Waals surface area contributed by atoms with E-state index in [9.17, 15) is 5.11 Å². The van der Waals surface area contributed by atoms with Gasteiger partial charge in [-0.2, -0.15) is 0 Å². The molecule has 0 aromatic rings. The first-order valence-corrected chi connectivity index (χ1v) is 5.76. The van der Waals surface area contributed by atoms with Crippen LogP contribution in [0.15, 0.2) is 0 Å². The van der Waals surface area contributed by atoms with E-state index in [2.05, 4.69) is 0 Å². The van der Waals surface area contributed by atoms with E-state index < -0.39 is 6.10 Å². The fraction of sp³-hybridized carbons (Fsp3) is 1.00. The normalized spacial score (nSPS) is 13.5. The van der Waals surface area contributed by atoms with Gasteiger partial charge in [0.25, 0.3) is 0 Å². The van der Waals surface area contributed by atoms with Crippen LogP contribution in [-0.2, 0) is 0 Å². The summed E-state index contributed by atoms with van der Waals surface area (Å²) in [6.45, 7) is 2.79. The lowest BCUT2D eigenvalue weighted by atomic mass is 10.2. The van der Waals surface area contributed by atoms with E-state index in [1.807, 2.05) is 28.2 Å². The second-order valence-corrected chi connectivity index (χ2v) is 5.78. The number of hydrogen-bond donors (Lipinski definition) is 3. The van der Waals surface area contributed by atoms with Gasteiger partial charge in [-0.1, -0.05) is 0 Å². The van der Waals surface area contributed by atoms with Crippen LogP contribution in [0.3, 0.4) is 0 Å². The highest BCUT2D eigenvalue weighted by atomic mass is 16.3. The second-order valence-electron chi connectivity index (χ2n) is 5.78. The van der Waals surface area contributed by atoms with Crippen molar-refractivity contribution in [3.05, 3.63) is 0 Å². The molecule has 0 unspecified atom stereocenters. The van der Waals surface area contributed by atoms with Crippen LogP contribution in [0, 0.1) is 0 Å².